The number of fused-ring (bicyclic) bond motifs is 1. The molecule has 1 aromatic heterocycles. The van der Waals surface area contributed by atoms with Gasteiger partial charge in [0.05, 0.1) is 5.69 Å². The van der Waals surface area contributed by atoms with Crippen LogP contribution in [0.1, 0.15) is 22.5 Å². The molecule has 0 bridgehead atoms. The smallest absolute Gasteiger partial charge is 0.138 e. The highest BCUT2D eigenvalue weighted by molar-refractivity contribution is 5.32. The first-order valence-corrected chi connectivity index (χ1v) is 6.17. The van der Waals surface area contributed by atoms with Gasteiger partial charge < -0.3 is 5.11 Å². The highest BCUT2D eigenvalue weighted by Gasteiger charge is 2.19. The zero-order valence-electron chi connectivity index (χ0n) is 10.4. The first-order chi connectivity index (χ1) is 8.72. The van der Waals surface area contributed by atoms with Crippen LogP contribution in [-0.2, 0) is 19.6 Å². The fourth-order valence-corrected chi connectivity index (χ4v) is 2.45. The molecule has 0 spiro atoms. The quantitative estimate of drug-likeness (QED) is 0.876. The summed E-state index contributed by atoms with van der Waals surface area (Å²) in [6.45, 7) is 4.51. The van der Waals surface area contributed by atoms with Gasteiger partial charge in [0.1, 0.15) is 5.75 Å². The van der Waals surface area contributed by atoms with Gasteiger partial charge in [0.15, 0.2) is 0 Å². The molecule has 18 heavy (non-hydrogen) atoms. The summed E-state index contributed by atoms with van der Waals surface area (Å²) in [4.78, 5) is 6.71. The van der Waals surface area contributed by atoms with E-state index in [1.54, 1.807) is 6.07 Å². The topological polar surface area (TPSA) is 36.4 Å². The van der Waals surface area contributed by atoms with Gasteiger partial charge in [0.25, 0.3) is 0 Å². The molecule has 92 valence electrons. The van der Waals surface area contributed by atoms with Crippen molar-refractivity contribution in [2.45, 2.75) is 26.6 Å². The normalized spacial score (nSPS) is 14.7. The molecule has 1 aliphatic rings. The minimum absolute atomic E-state index is 0.288. The maximum atomic E-state index is 9.82. The summed E-state index contributed by atoms with van der Waals surface area (Å²) in [5, 5.41) is 9.82. The molecule has 0 atom stereocenters. The van der Waals surface area contributed by atoms with Gasteiger partial charge in [0.2, 0.25) is 0 Å². The summed E-state index contributed by atoms with van der Waals surface area (Å²) in [5.41, 5.74) is 4.47. The van der Waals surface area contributed by atoms with E-state index in [9.17, 15) is 5.11 Å². The Balaban J connectivity index is 1.78. The molecule has 0 fully saturated rings. The van der Waals surface area contributed by atoms with Gasteiger partial charge in [-0.1, -0.05) is 24.3 Å². The minimum atomic E-state index is 0.288. The van der Waals surface area contributed by atoms with Crippen molar-refractivity contribution in [2.75, 3.05) is 0 Å². The lowest BCUT2D eigenvalue weighted by atomic mass is 10.1. The van der Waals surface area contributed by atoms with Crippen molar-refractivity contribution in [3.05, 3.63) is 58.9 Å². The van der Waals surface area contributed by atoms with Gasteiger partial charge in [0, 0.05) is 25.3 Å². The van der Waals surface area contributed by atoms with Crippen LogP contribution < -0.4 is 0 Å². The van der Waals surface area contributed by atoms with Crippen LogP contribution in [0.5, 0.6) is 5.75 Å². The Morgan fingerprint density at radius 2 is 1.78 bits per heavy atom. The maximum Gasteiger partial charge on any atom is 0.138 e. The molecule has 0 radical (unpaired) electrons. The Morgan fingerprint density at radius 3 is 2.44 bits per heavy atom. The predicted molar refractivity (Wildman–Crippen MR) is 70.0 cm³/mol. The first kappa shape index (κ1) is 11.2. The standard InChI is InChI=1S/C15H16N2O/c1-11-6-7-15(18)14(16-11)10-17-8-12-4-2-3-5-13(12)9-17/h2-7,18H,8-10H2,1H3. The lowest BCUT2D eigenvalue weighted by Crippen LogP contribution is -2.16. The van der Waals surface area contributed by atoms with Crippen LogP contribution in [0.2, 0.25) is 0 Å². The molecule has 1 aromatic carbocycles. The van der Waals surface area contributed by atoms with Gasteiger partial charge in [-0.2, -0.15) is 0 Å². The number of aromatic nitrogens is 1. The molecule has 1 N–H and O–H groups in total. The van der Waals surface area contributed by atoms with Crippen LogP contribution in [-0.4, -0.2) is 15.0 Å². The van der Waals surface area contributed by atoms with Crippen LogP contribution in [0.3, 0.4) is 0 Å². The maximum absolute atomic E-state index is 9.82. The Kier molecular flexibility index (Phi) is 2.76. The van der Waals surface area contributed by atoms with Crippen molar-refractivity contribution in [1.82, 2.24) is 9.88 Å². The zero-order chi connectivity index (χ0) is 12.5. The Morgan fingerprint density at radius 1 is 1.11 bits per heavy atom. The molecule has 2 aromatic rings. The minimum Gasteiger partial charge on any atom is -0.506 e. The molecule has 0 saturated heterocycles. The van der Waals surface area contributed by atoms with E-state index in [1.165, 1.54) is 11.1 Å². The molecular weight excluding hydrogens is 224 g/mol. The monoisotopic (exact) mass is 240 g/mol. The highest BCUT2D eigenvalue weighted by Crippen LogP contribution is 2.25. The molecule has 0 saturated carbocycles. The number of aromatic hydroxyl groups is 1. The number of hydrogen-bond donors (Lipinski definition) is 1. The summed E-state index contributed by atoms with van der Waals surface area (Å²) in [5.74, 6) is 0.288. The van der Waals surface area contributed by atoms with E-state index in [-0.39, 0.29) is 5.75 Å². The fraction of sp³-hybridized carbons (Fsp3) is 0.267. The average Bonchev–Trinajstić information content (AvgIpc) is 2.76. The van der Waals surface area contributed by atoms with Gasteiger partial charge in [-0.25, -0.2) is 0 Å². The summed E-state index contributed by atoms with van der Waals surface area (Å²) in [6, 6.07) is 12.0. The number of rotatable bonds is 2. The van der Waals surface area contributed by atoms with E-state index >= 15 is 0 Å². The molecule has 0 amide bonds. The summed E-state index contributed by atoms with van der Waals surface area (Å²) < 4.78 is 0. The Labute approximate surface area is 107 Å². The van der Waals surface area contributed by atoms with E-state index in [0.29, 0.717) is 6.54 Å². The summed E-state index contributed by atoms with van der Waals surface area (Å²) in [7, 11) is 0. The molecule has 3 rings (SSSR count). The lowest BCUT2D eigenvalue weighted by Gasteiger charge is -2.15. The third-order valence-corrected chi connectivity index (χ3v) is 3.37. The van der Waals surface area contributed by atoms with Gasteiger partial charge in [-0.05, 0) is 30.2 Å². The van der Waals surface area contributed by atoms with Crippen LogP contribution >= 0.6 is 0 Å². The van der Waals surface area contributed by atoms with E-state index in [1.807, 2.05) is 13.0 Å². The molecule has 3 nitrogen and oxygen atoms in total. The first-order valence-electron chi connectivity index (χ1n) is 6.17. The molecule has 1 aliphatic heterocycles. The number of benzene rings is 1. The van der Waals surface area contributed by atoms with Gasteiger partial charge in [-0.15, -0.1) is 0 Å². The summed E-state index contributed by atoms with van der Waals surface area (Å²) in [6.07, 6.45) is 0. The highest BCUT2D eigenvalue weighted by atomic mass is 16.3. The SMILES string of the molecule is Cc1ccc(O)c(CN2Cc3ccccc3C2)n1. The molecular formula is C15H16N2O. The van der Waals surface area contributed by atoms with Crippen molar-refractivity contribution in [3.8, 4) is 5.75 Å². The predicted octanol–water partition coefficient (Wildman–Crippen LogP) is 2.61. The Bertz CT molecular complexity index is 555. The molecule has 0 unspecified atom stereocenters. The van der Waals surface area contributed by atoms with Crippen molar-refractivity contribution < 1.29 is 5.11 Å². The number of nitrogens with zero attached hydrogens (tertiary/aromatic N) is 2. The van der Waals surface area contributed by atoms with E-state index in [4.69, 9.17) is 0 Å². The fourth-order valence-electron chi connectivity index (χ4n) is 2.45. The van der Waals surface area contributed by atoms with Gasteiger partial charge >= 0.3 is 0 Å². The number of pyridine rings is 1. The molecule has 3 heteroatoms. The molecule has 0 aliphatic carbocycles. The van der Waals surface area contributed by atoms with Crippen LogP contribution in [0.15, 0.2) is 36.4 Å². The van der Waals surface area contributed by atoms with Crippen LogP contribution in [0.4, 0.5) is 0 Å². The third kappa shape index (κ3) is 2.09. The van der Waals surface area contributed by atoms with Crippen molar-refractivity contribution in [2.24, 2.45) is 0 Å². The van der Waals surface area contributed by atoms with Crippen molar-refractivity contribution in [3.63, 3.8) is 0 Å². The second-order valence-electron chi connectivity index (χ2n) is 4.83. The van der Waals surface area contributed by atoms with Crippen LogP contribution in [0, 0.1) is 6.92 Å². The van der Waals surface area contributed by atoms with Gasteiger partial charge in [-0.3, -0.25) is 9.88 Å². The second-order valence-corrected chi connectivity index (χ2v) is 4.83. The largest absolute Gasteiger partial charge is 0.506 e. The van der Waals surface area contributed by atoms with Crippen molar-refractivity contribution in [1.29, 1.82) is 0 Å². The van der Waals surface area contributed by atoms with E-state index < -0.39 is 0 Å². The average molecular weight is 240 g/mol. The Hall–Kier alpha value is -1.87. The second kappa shape index (κ2) is 4.42. The van der Waals surface area contributed by atoms with E-state index in [2.05, 4.69) is 34.1 Å². The third-order valence-electron chi connectivity index (χ3n) is 3.37. The molecule has 2 heterocycles. The number of aryl methyl sites for hydroxylation is 1. The van der Waals surface area contributed by atoms with Crippen molar-refractivity contribution >= 4 is 0 Å². The zero-order valence-corrected chi connectivity index (χ0v) is 10.4. The lowest BCUT2D eigenvalue weighted by molar-refractivity contribution is 0.267. The van der Waals surface area contributed by atoms with E-state index in [0.717, 1.165) is 24.5 Å². The van der Waals surface area contributed by atoms with Crippen LogP contribution in [0.25, 0.3) is 0 Å². The summed E-state index contributed by atoms with van der Waals surface area (Å²) >= 11 is 0. The number of hydrogen-bond acceptors (Lipinski definition) is 3.